The Bertz CT molecular complexity index is 128. The van der Waals surface area contributed by atoms with Crippen LogP contribution in [0.2, 0.25) is 0 Å². The molecular weight excluding hydrogens is 160 g/mol. The summed E-state index contributed by atoms with van der Waals surface area (Å²) in [6, 6.07) is 0. The first-order valence-corrected chi connectivity index (χ1v) is 4.34. The van der Waals surface area contributed by atoms with E-state index in [1.54, 1.807) is 0 Å². The van der Waals surface area contributed by atoms with Gasteiger partial charge in [-0.25, -0.2) is 0 Å². The Balaban J connectivity index is 2.25. The number of aliphatic hydroxyl groups is 2. The lowest BCUT2D eigenvalue weighted by atomic mass is 10.1. The van der Waals surface area contributed by atoms with Crippen molar-refractivity contribution in [1.29, 1.82) is 0 Å². The quantitative estimate of drug-likeness (QED) is 0.627. The van der Waals surface area contributed by atoms with E-state index in [1.165, 1.54) is 0 Å². The van der Waals surface area contributed by atoms with Crippen LogP contribution in [0.25, 0.3) is 0 Å². The van der Waals surface area contributed by atoms with Crippen molar-refractivity contribution >= 4 is 0 Å². The van der Waals surface area contributed by atoms with E-state index in [9.17, 15) is 5.11 Å². The van der Waals surface area contributed by atoms with Gasteiger partial charge in [-0.05, 0) is 13.3 Å². The summed E-state index contributed by atoms with van der Waals surface area (Å²) in [5, 5.41) is 17.9. The first-order valence-electron chi connectivity index (χ1n) is 4.34. The van der Waals surface area contributed by atoms with Gasteiger partial charge in [0.25, 0.3) is 0 Å². The number of hydrogen-bond donors (Lipinski definition) is 2. The highest BCUT2D eigenvalue weighted by molar-refractivity contribution is 4.74. The minimum atomic E-state index is -0.768. The Kier molecular flexibility index (Phi) is 3.94. The van der Waals surface area contributed by atoms with Gasteiger partial charge in [-0.15, -0.1) is 0 Å². The molecule has 1 aliphatic rings. The molecule has 1 heterocycles. The fourth-order valence-electron chi connectivity index (χ4n) is 1.34. The van der Waals surface area contributed by atoms with Crippen molar-refractivity contribution in [2.45, 2.75) is 38.3 Å². The van der Waals surface area contributed by atoms with Crippen LogP contribution in [0.15, 0.2) is 0 Å². The molecule has 3 atom stereocenters. The summed E-state index contributed by atoms with van der Waals surface area (Å²) in [4.78, 5) is 0. The SMILES string of the molecule is CCOC1CCC(C(O)CO)O1. The van der Waals surface area contributed by atoms with Gasteiger partial charge in [-0.1, -0.05) is 0 Å². The van der Waals surface area contributed by atoms with Gasteiger partial charge in [-0.3, -0.25) is 0 Å². The Hall–Kier alpha value is -0.160. The molecule has 2 N–H and O–H groups in total. The number of rotatable bonds is 4. The average molecular weight is 176 g/mol. The molecular formula is C8H16O4. The Morgan fingerprint density at radius 2 is 2.33 bits per heavy atom. The van der Waals surface area contributed by atoms with Crippen molar-refractivity contribution in [3.8, 4) is 0 Å². The van der Waals surface area contributed by atoms with E-state index in [0.717, 1.165) is 12.8 Å². The molecule has 1 aliphatic heterocycles. The van der Waals surface area contributed by atoms with E-state index in [-0.39, 0.29) is 19.0 Å². The first-order chi connectivity index (χ1) is 5.77. The third kappa shape index (κ3) is 2.42. The highest BCUT2D eigenvalue weighted by Gasteiger charge is 2.30. The molecule has 1 rings (SSSR count). The van der Waals surface area contributed by atoms with E-state index in [0.29, 0.717) is 6.61 Å². The Morgan fingerprint density at radius 3 is 2.92 bits per heavy atom. The zero-order valence-corrected chi connectivity index (χ0v) is 7.27. The smallest absolute Gasteiger partial charge is 0.158 e. The van der Waals surface area contributed by atoms with Crippen molar-refractivity contribution in [3.63, 3.8) is 0 Å². The van der Waals surface area contributed by atoms with E-state index in [2.05, 4.69) is 0 Å². The zero-order valence-electron chi connectivity index (χ0n) is 7.27. The number of aliphatic hydroxyl groups excluding tert-OH is 2. The predicted molar refractivity (Wildman–Crippen MR) is 42.6 cm³/mol. The Morgan fingerprint density at radius 1 is 1.58 bits per heavy atom. The third-order valence-electron chi connectivity index (χ3n) is 1.98. The van der Waals surface area contributed by atoms with Crippen LogP contribution in [0.5, 0.6) is 0 Å². The van der Waals surface area contributed by atoms with Crippen molar-refractivity contribution < 1.29 is 19.7 Å². The van der Waals surface area contributed by atoms with Gasteiger partial charge in [0.1, 0.15) is 6.10 Å². The molecule has 0 radical (unpaired) electrons. The molecule has 3 unspecified atom stereocenters. The lowest BCUT2D eigenvalue weighted by Gasteiger charge is -2.16. The van der Waals surface area contributed by atoms with Crippen molar-refractivity contribution in [3.05, 3.63) is 0 Å². The summed E-state index contributed by atoms with van der Waals surface area (Å²) in [6.07, 6.45) is 0.338. The molecule has 0 aromatic carbocycles. The fraction of sp³-hybridized carbons (Fsp3) is 1.00. The predicted octanol–water partition coefficient (Wildman–Crippen LogP) is -0.119. The minimum Gasteiger partial charge on any atom is -0.394 e. The van der Waals surface area contributed by atoms with Gasteiger partial charge in [0.2, 0.25) is 0 Å². The second-order valence-corrected chi connectivity index (χ2v) is 2.89. The van der Waals surface area contributed by atoms with Crippen LogP contribution in [0.4, 0.5) is 0 Å². The van der Waals surface area contributed by atoms with Crippen LogP contribution in [0.3, 0.4) is 0 Å². The summed E-state index contributed by atoms with van der Waals surface area (Å²) >= 11 is 0. The zero-order chi connectivity index (χ0) is 8.97. The van der Waals surface area contributed by atoms with Crippen LogP contribution < -0.4 is 0 Å². The van der Waals surface area contributed by atoms with Crippen LogP contribution in [-0.2, 0) is 9.47 Å². The maximum atomic E-state index is 9.21. The van der Waals surface area contributed by atoms with Gasteiger partial charge in [0.05, 0.1) is 12.7 Å². The molecule has 0 spiro atoms. The van der Waals surface area contributed by atoms with E-state index in [1.807, 2.05) is 6.92 Å². The highest BCUT2D eigenvalue weighted by Crippen LogP contribution is 2.22. The van der Waals surface area contributed by atoms with E-state index in [4.69, 9.17) is 14.6 Å². The average Bonchev–Trinajstić information content (AvgIpc) is 2.52. The summed E-state index contributed by atoms with van der Waals surface area (Å²) in [6.45, 7) is 2.27. The summed E-state index contributed by atoms with van der Waals surface area (Å²) in [5.41, 5.74) is 0. The van der Waals surface area contributed by atoms with Gasteiger partial charge in [-0.2, -0.15) is 0 Å². The van der Waals surface area contributed by atoms with E-state index < -0.39 is 6.10 Å². The molecule has 12 heavy (non-hydrogen) atoms. The molecule has 0 aromatic heterocycles. The highest BCUT2D eigenvalue weighted by atomic mass is 16.7. The second kappa shape index (κ2) is 4.77. The van der Waals surface area contributed by atoms with Crippen LogP contribution in [0.1, 0.15) is 19.8 Å². The molecule has 1 saturated heterocycles. The monoisotopic (exact) mass is 176 g/mol. The molecule has 1 fully saturated rings. The molecule has 72 valence electrons. The first kappa shape index (κ1) is 9.92. The standard InChI is InChI=1S/C8H16O4/c1-2-11-8-4-3-7(12-8)6(10)5-9/h6-10H,2-5H2,1H3. The molecule has 0 aromatic rings. The van der Waals surface area contributed by atoms with Gasteiger partial charge in [0, 0.05) is 13.0 Å². The lowest BCUT2D eigenvalue weighted by molar-refractivity contribution is -0.155. The van der Waals surface area contributed by atoms with Crippen LogP contribution in [0, 0.1) is 0 Å². The van der Waals surface area contributed by atoms with Crippen molar-refractivity contribution in [2.75, 3.05) is 13.2 Å². The summed E-state index contributed by atoms with van der Waals surface area (Å²) in [5.74, 6) is 0. The lowest BCUT2D eigenvalue weighted by Crippen LogP contribution is -2.29. The minimum absolute atomic E-state index is 0.193. The number of hydrogen-bond acceptors (Lipinski definition) is 4. The maximum absolute atomic E-state index is 9.21. The topological polar surface area (TPSA) is 58.9 Å². The Labute approximate surface area is 72.1 Å². The summed E-state index contributed by atoms with van der Waals surface area (Å²) in [7, 11) is 0. The molecule has 0 aliphatic carbocycles. The van der Waals surface area contributed by atoms with Gasteiger partial charge in [0.15, 0.2) is 6.29 Å². The van der Waals surface area contributed by atoms with Crippen molar-refractivity contribution in [2.24, 2.45) is 0 Å². The third-order valence-corrected chi connectivity index (χ3v) is 1.98. The molecule has 0 bridgehead atoms. The van der Waals surface area contributed by atoms with Crippen LogP contribution in [-0.4, -0.2) is 41.9 Å². The second-order valence-electron chi connectivity index (χ2n) is 2.89. The number of ether oxygens (including phenoxy) is 2. The molecule has 4 heteroatoms. The molecule has 0 saturated carbocycles. The van der Waals surface area contributed by atoms with E-state index >= 15 is 0 Å². The summed E-state index contributed by atoms with van der Waals surface area (Å²) < 4.78 is 10.5. The fourth-order valence-corrected chi connectivity index (χ4v) is 1.34. The largest absolute Gasteiger partial charge is 0.394 e. The molecule has 0 amide bonds. The molecule has 4 nitrogen and oxygen atoms in total. The van der Waals surface area contributed by atoms with Crippen LogP contribution >= 0.6 is 0 Å². The van der Waals surface area contributed by atoms with Gasteiger partial charge >= 0.3 is 0 Å². The van der Waals surface area contributed by atoms with Gasteiger partial charge < -0.3 is 19.7 Å². The normalized spacial score (nSPS) is 32.2. The van der Waals surface area contributed by atoms with Crippen molar-refractivity contribution in [1.82, 2.24) is 0 Å². The maximum Gasteiger partial charge on any atom is 0.158 e.